The van der Waals surface area contributed by atoms with E-state index in [0.717, 1.165) is 0 Å². The lowest BCUT2D eigenvalue weighted by molar-refractivity contribution is 0.104. The number of nitrogens with one attached hydrogen (secondary N) is 1. The van der Waals surface area contributed by atoms with Crippen LogP contribution in [-0.2, 0) is 0 Å². The summed E-state index contributed by atoms with van der Waals surface area (Å²) >= 11 is 0. The summed E-state index contributed by atoms with van der Waals surface area (Å²) in [7, 11) is 0. The number of aromatic amines is 1. The SMILES string of the molecule is N#C/C(=C/c1cccc(C#N)c1)C(=O)c1c[nH]c2cc(F)ccc12. The number of benzene rings is 2. The van der Waals surface area contributed by atoms with Crippen molar-refractivity contribution in [1.29, 1.82) is 10.5 Å². The van der Waals surface area contributed by atoms with Gasteiger partial charge in [0.25, 0.3) is 0 Å². The maximum Gasteiger partial charge on any atom is 0.205 e. The van der Waals surface area contributed by atoms with Crippen molar-refractivity contribution < 1.29 is 9.18 Å². The molecule has 0 saturated heterocycles. The lowest BCUT2D eigenvalue weighted by Gasteiger charge is -1.99. The van der Waals surface area contributed by atoms with Crippen LogP contribution in [0.1, 0.15) is 21.5 Å². The molecule has 0 saturated carbocycles. The Balaban J connectivity index is 2.04. The fourth-order valence-electron chi connectivity index (χ4n) is 2.44. The molecule has 114 valence electrons. The third-order valence-corrected chi connectivity index (χ3v) is 3.58. The number of fused-ring (bicyclic) bond motifs is 1. The highest BCUT2D eigenvalue weighted by molar-refractivity contribution is 6.19. The molecule has 4 nitrogen and oxygen atoms in total. The molecular weight excluding hydrogens is 305 g/mol. The Kier molecular flexibility index (Phi) is 3.93. The molecule has 3 rings (SSSR count). The van der Waals surface area contributed by atoms with Crippen molar-refractivity contribution in [3.05, 3.63) is 76.7 Å². The van der Waals surface area contributed by atoms with Crippen LogP contribution in [0.4, 0.5) is 4.39 Å². The van der Waals surface area contributed by atoms with Gasteiger partial charge in [-0.05, 0) is 42.0 Å². The zero-order valence-corrected chi connectivity index (χ0v) is 12.4. The van der Waals surface area contributed by atoms with Crippen LogP contribution in [0, 0.1) is 28.5 Å². The van der Waals surface area contributed by atoms with Crippen LogP contribution in [0.15, 0.2) is 54.2 Å². The Bertz CT molecular complexity index is 1060. The van der Waals surface area contributed by atoms with Gasteiger partial charge in [-0.3, -0.25) is 4.79 Å². The molecule has 24 heavy (non-hydrogen) atoms. The number of rotatable bonds is 3. The number of hydrogen-bond donors (Lipinski definition) is 1. The maximum absolute atomic E-state index is 13.2. The van der Waals surface area contributed by atoms with E-state index in [-0.39, 0.29) is 5.57 Å². The number of aromatic nitrogens is 1. The number of ketones is 1. The molecule has 1 N–H and O–H groups in total. The van der Waals surface area contributed by atoms with Gasteiger partial charge in [0.15, 0.2) is 0 Å². The van der Waals surface area contributed by atoms with E-state index in [1.807, 2.05) is 12.1 Å². The molecule has 5 heteroatoms. The van der Waals surface area contributed by atoms with Crippen molar-refractivity contribution in [2.24, 2.45) is 0 Å². The number of carbonyl (C=O) groups excluding carboxylic acids is 1. The van der Waals surface area contributed by atoms with Gasteiger partial charge in [-0.15, -0.1) is 0 Å². The summed E-state index contributed by atoms with van der Waals surface area (Å²) in [6.45, 7) is 0. The van der Waals surface area contributed by atoms with E-state index in [1.165, 1.54) is 30.5 Å². The second-order valence-corrected chi connectivity index (χ2v) is 5.13. The predicted octanol–water partition coefficient (Wildman–Crippen LogP) is 3.97. The summed E-state index contributed by atoms with van der Waals surface area (Å²) < 4.78 is 13.2. The van der Waals surface area contributed by atoms with Gasteiger partial charge in [-0.2, -0.15) is 10.5 Å². The fourth-order valence-corrected chi connectivity index (χ4v) is 2.44. The Morgan fingerprint density at radius 3 is 2.75 bits per heavy atom. The van der Waals surface area contributed by atoms with Crippen LogP contribution in [0.2, 0.25) is 0 Å². The minimum Gasteiger partial charge on any atom is -0.360 e. The zero-order valence-electron chi connectivity index (χ0n) is 12.4. The first-order valence-corrected chi connectivity index (χ1v) is 7.05. The average molecular weight is 315 g/mol. The van der Waals surface area contributed by atoms with Crippen LogP contribution in [-0.4, -0.2) is 10.8 Å². The monoisotopic (exact) mass is 315 g/mol. The van der Waals surface area contributed by atoms with Gasteiger partial charge >= 0.3 is 0 Å². The first-order valence-electron chi connectivity index (χ1n) is 7.05. The van der Waals surface area contributed by atoms with Crippen LogP contribution < -0.4 is 0 Å². The van der Waals surface area contributed by atoms with Crippen LogP contribution >= 0.6 is 0 Å². The number of allylic oxidation sites excluding steroid dienone is 1. The Morgan fingerprint density at radius 2 is 2.00 bits per heavy atom. The largest absolute Gasteiger partial charge is 0.360 e. The van der Waals surface area contributed by atoms with E-state index in [9.17, 15) is 14.4 Å². The third kappa shape index (κ3) is 2.79. The number of halogens is 1. The fraction of sp³-hybridized carbons (Fsp3) is 0. The highest BCUT2D eigenvalue weighted by Gasteiger charge is 2.17. The summed E-state index contributed by atoms with van der Waals surface area (Å²) in [5, 5.41) is 18.8. The molecule has 0 atom stereocenters. The molecule has 0 aliphatic carbocycles. The van der Waals surface area contributed by atoms with E-state index in [2.05, 4.69) is 4.98 Å². The standard InChI is InChI=1S/C19H10FN3O/c20-15-4-5-16-17(11-23-18(16)8-15)19(24)14(10-22)7-12-2-1-3-13(6-12)9-21/h1-8,11,23H/b14-7-. The highest BCUT2D eigenvalue weighted by atomic mass is 19.1. The van der Waals surface area contributed by atoms with Crippen molar-refractivity contribution in [3.8, 4) is 12.1 Å². The second kappa shape index (κ2) is 6.20. The molecule has 0 aliphatic rings. The molecule has 2 aromatic carbocycles. The number of H-pyrrole nitrogens is 1. The van der Waals surface area contributed by atoms with E-state index in [1.54, 1.807) is 24.3 Å². The van der Waals surface area contributed by atoms with Crippen molar-refractivity contribution in [1.82, 2.24) is 4.98 Å². The molecule has 0 aliphatic heterocycles. The van der Waals surface area contributed by atoms with E-state index < -0.39 is 11.6 Å². The molecule has 3 aromatic rings. The van der Waals surface area contributed by atoms with Crippen LogP contribution in [0.5, 0.6) is 0 Å². The van der Waals surface area contributed by atoms with Gasteiger partial charge in [-0.1, -0.05) is 12.1 Å². The molecule has 0 fully saturated rings. The average Bonchev–Trinajstić information content (AvgIpc) is 3.02. The lowest BCUT2D eigenvalue weighted by atomic mass is 10.0. The van der Waals surface area contributed by atoms with Gasteiger partial charge in [0.2, 0.25) is 5.78 Å². The summed E-state index contributed by atoms with van der Waals surface area (Å²) in [6, 6.07) is 14.6. The second-order valence-electron chi connectivity index (χ2n) is 5.13. The highest BCUT2D eigenvalue weighted by Crippen LogP contribution is 2.22. The minimum atomic E-state index is -0.460. The predicted molar refractivity (Wildman–Crippen MR) is 87.3 cm³/mol. The summed E-state index contributed by atoms with van der Waals surface area (Å²) in [5.74, 6) is -0.870. The van der Waals surface area contributed by atoms with Gasteiger partial charge in [0.05, 0.1) is 11.6 Å². The van der Waals surface area contributed by atoms with E-state index in [0.29, 0.717) is 27.6 Å². The van der Waals surface area contributed by atoms with Gasteiger partial charge in [0.1, 0.15) is 17.5 Å². The van der Waals surface area contributed by atoms with Crippen molar-refractivity contribution in [2.45, 2.75) is 0 Å². The first-order chi connectivity index (χ1) is 11.6. The number of nitriles is 2. The Labute approximate surface area is 137 Å². The van der Waals surface area contributed by atoms with Gasteiger partial charge < -0.3 is 4.98 Å². The summed E-state index contributed by atoms with van der Waals surface area (Å²) in [6.07, 6.45) is 2.90. The van der Waals surface area contributed by atoms with Crippen LogP contribution in [0.25, 0.3) is 17.0 Å². The number of nitrogens with zero attached hydrogens (tertiary/aromatic N) is 2. The van der Waals surface area contributed by atoms with Gasteiger partial charge in [-0.25, -0.2) is 4.39 Å². The summed E-state index contributed by atoms with van der Waals surface area (Å²) in [5.41, 5.74) is 1.76. The molecule has 0 radical (unpaired) electrons. The lowest BCUT2D eigenvalue weighted by Crippen LogP contribution is -2.01. The van der Waals surface area contributed by atoms with E-state index >= 15 is 0 Å². The zero-order chi connectivity index (χ0) is 17.1. The van der Waals surface area contributed by atoms with Crippen molar-refractivity contribution in [2.75, 3.05) is 0 Å². The molecule has 1 aromatic heterocycles. The topological polar surface area (TPSA) is 80.4 Å². The molecule has 1 heterocycles. The molecule has 0 spiro atoms. The van der Waals surface area contributed by atoms with Crippen molar-refractivity contribution >= 4 is 22.8 Å². The molecule has 0 unspecified atom stereocenters. The Morgan fingerprint density at radius 1 is 1.17 bits per heavy atom. The quantitative estimate of drug-likeness (QED) is 0.451. The van der Waals surface area contributed by atoms with E-state index in [4.69, 9.17) is 5.26 Å². The first kappa shape index (κ1) is 15.2. The minimum absolute atomic E-state index is 0.0599. The molecule has 0 amide bonds. The molecular formula is C19H10FN3O. The number of hydrogen-bond acceptors (Lipinski definition) is 3. The molecule has 0 bridgehead atoms. The Hall–Kier alpha value is -3.70. The maximum atomic E-state index is 13.2. The number of Topliss-reactive ketones (excluding diaryl/α,β-unsaturated/α-hetero) is 1. The van der Waals surface area contributed by atoms with Crippen LogP contribution in [0.3, 0.4) is 0 Å². The normalized spacial score (nSPS) is 11.0. The number of carbonyl (C=O) groups is 1. The third-order valence-electron chi connectivity index (χ3n) is 3.58. The van der Waals surface area contributed by atoms with Crippen molar-refractivity contribution in [3.63, 3.8) is 0 Å². The smallest absolute Gasteiger partial charge is 0.205 e. The summed E-state index contributed by atoms with van der Waals surface area (Å²) in [4.78, 5) is 15.5. The van der Waals surface area contributed by atoms with Gasteiger partial charge in [0, 0.05) is 22.7 Å².